The number of carbonyl (C=O) groups excluding carboxylic acids is 1. The molecule has 0 amide bonds. The molecule has 3 heterocycles. The van der Waals surface area contributed by atoms with Gasteiger partial charge in [-0.1, -0.05) is 64.5 Å². The van der Waals surface area contributed by atoms with Crippen LogP contribution in [0.5, 0.6) is 5.88 Å². The maximum absolute atomic E-state index is 14.1. The highest BCUT2D eigenvalue weighted by atomic mass is 79.9. The van der Waals surface area contributed by atoms with E-state index in [0.717, 1.165) is 47.7 Å². The number of thioether (sulfide) groups is 2. The molecule has 3 aromatic carbocycles. The highest BCUT2D eigenvalue weighted by Gasteiger charge is 2.35. The van der Waals surface area contributed by atoms with Crippen molar-refractivity contribution in [3.05, 3.63) is 108 Å². The molecule has 0 aliphatic heterocycles. The lowest BCUT2D eigenvalue weighted by molar-refractivity contribution is -0.139. The number of hydrogen-bond donors (Lipinski definition) is 1. The summed E-state index contributed by atoms with van der Waals surface area (Å²) in [7, 11) is 0. The molecule has 6 rings (SSSR count). The van der Waals surface area contributed by atoms with E-state index in [1.807, 2.05) is 74.6 Å². The normalized spacial score (nSPS) is 11.9. The molecule has 0 bridgehead atoms. The fourth-order valence-electron chi connectivity index (χ4n) is 5.17. The highest BCUT2D eigenvalue weighted by molar-refractivity contribution is 9.10. The van der Waals surface area contributed by atoms with Gasteiger partial charge in [0, 0.05) is 50.0 Å². The summed E-state index contributed by atoms with van der Waals surface area (Å²) in [6.07, 6.45) is 6.76. The summed E-state index contributed by atoms with van der Waals surface area (Å²) >= 11 is 6.22. The molecule has 0 aliphatic rings. The van der Waals surface area contributed by atoms with Crippen LogP contribution in [0, 0.1) is 0 Å². The highest BCUT2D eigenvalue weighted by Crippen LogP contribution is 2.46. The molecule has 0 saturated heterocycles. The first-order chi connectivity index (χ1) is 22.5. The van der Waals surface area contributed by atoms with Gasteiger partial charge in [0.15, 0.2) is 0 Å². The van der Waals surface area contributed by atoms with Crippen molar-refractivity contribution >= 4 is 73.1 Å². The molecule has 0 radical (unpaired) electrons. The summed E-state index contributed by atoms with van der Waals surface area (Å²) in [5.41, 5.74) is 3.92. The van der Waals surface area contributed by atoms with Crippen molar-refractivity contribution in [3.63, 3.8) is 0 Å². The van der Waals surface area contributed by atoms with E-state index in [4.69, 9.17) is 4.74 Å². The molecule has 0 atom stereocenters. The molecule has 0 spiro atoms. The zero-order valence-corrected chi connectivity index (χ0v) is 29.2. The van der Waals surface area contributed by atoms with E-state index in [-0.39, 0.29) is 5.88 Å². The topological polar surface area (TPSA) is 102 Å². The number of rotatable bonds is 9. The predicted octanol–water partition coefficient (Wildman–Crippen LogP) is 9.71. The number of fused-ring (bicyclic) bond motifs is 2. The van der Waals surface area contributed by atoms with Gasteiger partial charge in [-0.2, -0.15) is 0 Å². The van der Waals surface area contributed by atoms with Crippen molar-refractivity contribution in [1.29, 1.82) is 0 Å². The Morgan fingerprint density at radius 1 is 0.702 bits per heavy atom. The Balaban J connectivity index is 1.39. The van der Waals surface area contributed by atoms with Crippen molar-refractivity contribution in [2.24, 2.45) is 0 Å². The SMILES string of the molecule is CC(C)(Sc1ccnc(OC(=O)C(C)(C)Sc2ccncc2-c2ccc(Br)c3ccccc23)c1-c1ccnc2ccccc12)C(=O)O. The lowest BCUT2D eigenvalue weighted by atomic mass is 9.99. The Bertz CT molecular complexity index is 2160. The second-order valence-electron chi connectivity index (χ2n) is 11.8. The monoisotopic (exact) mass is 723 g/mol. The second-order valence-corrected chi connectivity index (χ2v) is 16.0. The van der Waals surface area contributed by atoms with Crippen LogP contribution >= 0.6 is 39.5 Å². The number of ether oxygens (including phenoxy) is 1. The third-order valence-electron chi connectivity index (χ3n) is 7.66. The van der Waals surface area contributed by atoms with Gasteiger partial charge in [-0.05, 0) is 79.9 Å². The Morgan fingerprint density at radius 2 is 1.36 bits per heavy atom. The quantitative estimate of drug-likeness (QED) is 0.115. The number of benzene rings is 3. The van der Waals surface area contributed by atoms with Gasteiger partial charge < -0.3 is 9.84 Å². The van der Waals surface area contributed by atoms with Gasteiger partial charge in [0.1, 0.15) is 9.49 Å². The lowest BCUT2D eigenvalue weighted by Gasteiger charge is -2.25. The molecule has 0 fully saturated rings. The number of carboxylic acid groups (broad SMARTS) is 1. The molecule has 0 aliphatic carbocycles. The molecule has 6 aromatic rings. The maximum Gasteiger partial charge on any atom is 0.328 e. The van der Waals surface area contributed by atoms with Crippen molar-refractivity contribution in [3.8, 4) is 28.1 Å². The number of carbonyl (C=O) groups is 2. The minimum Gasteiger partial charge on any atom is -0.480 e. The number of halogens is 1. The average molecular weight is 725 g/mol. The van der Waals surface area contributed by atoms with Crippen LogP contribution in [0.15, 0.2) is 118 Å². The Hall–Kier alpha value is -4.25. The van der Waals surface area contributed by atoms with E-state index in [2.05, 4.69) is 49.1 Å². The molecular weight excluding hydrogens is 694 g/mol. The van der Waals surface area contributed by atoms with Crippen molar-refractivity contribution in [2.45, 2.75) is 47.0 Å². The standard InChI is InChI=1S/C37H30BrN3O4S2/c1-36(2,34(42)43)47-31-17-20-41-33(32(31)26-15-19-40-29-12-8-7-11-25(26)29)45-35(44)37(3,4)46-30-16-18-39-21-27(30)23-13-14-28(38)24-10-6-5-9-22(23)24/h5-21H,1-4H3,(H,42,43). The van der Waals surface area contributed by atoms with Crippen LogP contribution in [0.2, 0.25) is 0 Å². The third-order valence-corrected chi connectivity index (χ3v) is 10.9. The summed E-state index contributed by atoms with van der Waals surface area (Å²) in [5.74, 6) is -1.37. The molecule has 47 heavy (non-hydrogen) atoms. The van der Waals surface area contributed by atoms with Crippen LogP contribution in [0.4, 0.5) is 0 Å². The second kappa shape index (κ2) is 13.1. The Morgan fingerprint density at radius 3 is 2.13 bits per heavy atom. The lowest BCUT2D eigenvalue weighted by Crippen LogP contribution is -2.33. The summed E-state index contributed by atoms with van der Waals surface area (Å²) < 4.78 is 4.94. The third kappa shape index (κ3) is 6.63. The summed E-state index contributed by atoms with van der Waals surface area (Å²) in [4.78, 5) is 41.1. The Labute approximate surface area is 289 Å². The molecule has 0 saturated carbocycles. The van der Waals surface area contributed by atoms with E-state index < -0.39 is 21.4 Å². The minimum atomic E-state index is -1.16. The average Bonchev–Trinajstić information content (AvgIpc) is 3.05. The number of nitrogens with zero attached hydrogens (tertiary/aromatic N) is 3. The van der Waals surface area contributed by atoms with Gasteiger partial charge >= 0.3 is 11.9 Å². The van der Waals surface area contributed by atoms with Gasteiger partial charge in [0.25, 0.3) is 0 Å². The summed E-state index contributed by atoms with van der Waals surface area (Å²) in [6.45, 7) is 6.91. The maximum atomic E-state index is 14.1. The van der Waals surface area contributed by atoms with Gasteiger partial charge in [-0.15, -0.1) is 23.5 Å². The first kappa shape index (κ1) is 32.7. The van der Waals surface area contributed by atoms with Crippen molar-refractivity contribution in [2.75, 3.05) is 0 Å². The zero-order chi connectivity index (χ0) is 33.3. The van der Waals surface area contributed by atoms with E-state index in [9.17, 15) is 14.7 Å². The Kier molecular flexibility index (Phi) is 9.11. The van der Waals surface area contributed by atoms with Crippen LogP contribution in [-0.2, 0) is 9.59 Å². The molecule has 3 aromatic heterocycles. The molecular formula is C37H30BrN3O4S2. The molecule has 7 nitrogen and oxygen atoms in total. The van der Waals surface area contributed by atoms with Gasteiger partial charge in [0.05, 0.1) is 11.1 Å². The number of para-hydroxylation sites is 1. The molecule has 10 heteroatoms. The molecule has 1 N–H and O–H groups in total. The van der Waals surface area contributed by atoms with Crippen LogP contribution in [0.1, 0.15) is 27.7 Å². The van der Waals surface area contributed by atoms with Crippen LogP contribution in [0.3, 0.4) is 0 Å². The largest absolute Gasteiger partial charge is 0.480 e. The fourth-order valence-corrected chi connectivity index (χ4v) is 7.79. The molecule has 0 unspecified atom stereocenters. The van der Waals surface area contributed by atoms with Crippen molar-refractivity contribution < 1.29 is 19.4 Å². The van der Waals surface area contributed by atoms with Crippen LogP contribution < -0.4 is 4.74 Å². The van der Waals surface area contributed by atoms with E-state index in [1.165, 1.54) is 29.7 Å². The first-order valence-electron chi connectivity index (χ1n) is 14.7. The minimum absolute atomic E-state index is 0.0973. The fraction of sp³-hybridized carbons (Fsp3) is 0.162. The van der Waals surface area contributed by atoms with Crippen LogP contribution in [-0.4, -0.2) is 41.5 Å². The zero-order valence-electron chi connectivity index (χ0n) is 26.0. The predicted molar refractivity (Wildman–Crippen MR) is 193 cm³/mol. The number of aliphatic carboxylic acids is 1. The summed E-state index contributed by atoms with van der Waals surface area (Å²) in [5, 5.41) is 12.9. The van der Waals surface area contributed by atoms with E-state index in [0.29, 0.717) is 10.5 Å². The number of carboxylic acids is 1. The van der Waals surface area contributed by atoms with Crippen molar-refractivity contribution in [1.82, 2.24) is 15.0 Å². The van der Waals surface area contributed by atoms with Crippen LogP contribution in [0.25, 0.3) is 43.9 Å². The van der Waals surface area contributed by atoms with Gasteiger partial charge in [0.2, 0.25) is 5.88 Å². The molecule has 236 valence electrons. The number of esters is 1. The number of pyridine rings is 3. The van der Waals surface area contributed by atoms with Gasteiger partial charge in [-0.3, -0.25) is 19.6 Å². The number of hydrogen-bond acceptors (Lipinski definition) is 8. The smallest absolute Gasteiger partial charge is 0.328 e. The first-order valence-corrected chi connectivity index (χ1v) is 17.2. The van der Waals surface area contributed by atoms with E-state index >= 15 is 0 Å². The number of aromatic nitrogens is 3. The van der Waals surface area contributed by atoms with Gasteiger partial charge in [-0.25, -0.2) is 4.98 Å². The summed E-state index contributed by atoms with van der Waals surface area (Å²) in [6, 6.07) is 25.3. The van der Waals surface area contributed by atoms with E-state index in [1.54, 1.807) is 32.3 Å².